The summed E-state index contributed by atoms with van der Waals surface area (Å²) in [5.41, 5.74) is 2.18. The number of rotatable bonds is 5. The van der Waals surface area contributed by atoms with Crippen molar-refractivity contribution in [3.63, 3.8) is 0 Å². The molecule has 2 aromatic heterocycles. The Morgan fingerprint density at radius 2 is 1.79 bits per heavy atom. The highest BCUT2D eigenvalue weighted by Crippen LogP contribution is 2.35. The number of hydrogen-bond donors (Lipinski definition) is 0. The maximum Gasteiger partial charge on any atom is 0.281 e. The number of benzene rings is 2. The maximum atomic E-state index is 12.7. The summed E-state index contributed by atoms with van der Waals surface area (Å²) < 4.78 is 13.0. The van der Waals surface area contributed by atoms with Crippen molar-refractivity contribution in [2.45, 2.75) is 26.2 Å². The number of fused-ring (bicyclic) bond motifs is 5. The van der Waals surface area contributed by atoms with Gasteiger partial charge in [-0.2, -0.15) is 4.98 Å². The van der Waals surface area contributed by atoms with Gasteiger partial charge in [-0.05, 0) is 54.6 Å². The minimum atomic E-state index is -0.268. The Balaban J connectivity index is 2.22. The first kappa shape index (κ1) is 18.6. The van der Waals surface area contributed by atoms with E-state index < -0.39 is 0 Å². The quantitative estimate of drug-likeness (QED) is 0.445. The van der Waals surface area contributed by atoms with Crippen molar-refractivity contribution >= 4 is 38.9 Å². The Kier molecular flexibility index (Phi) is 4.85. The van der Waals surface area contributed by atoms with E-state index in [1.807, 2.05) is 22.6 Å². The number of hydrogen-bond acceptors (Lipinski definition) is 4. The molecule has 0 aliphatic rings. The van der Waals surface area contributed by atoms with Gasteiger partial charge in [0.15, 0.2) is 11.5 Å². The van der Waals surface area contributed by atoms with Gasteiger partial charge in [-0.3, -0.25) is 9.20 Å². The van der Waals surface area contributed by atoms with Gasteiger partial charge in [0.1, 0.15) is 5.65 Å². The number of methoxy groups -OCH3 is 2. The molecule has 4 rings (SSSR count). The van der Waals surface area contributed by atoms with Crippen LogP contribution < -0.4 is 15.0 Å². The van der Waals surface area contributed by atoms with Crippen LogP contribution in [0.25, 0.3) is 27.3 Å². The first-order valence-electron chi connectivity index (χ1n) is 9.27. The second kappa shape index (κ2) is 7.32. The molecule has 0 unspecified atom stereocenters. The summed E-state index contributed by atoms with van der Waals surface area (Å²) >= 11 is 6.26. The van der Waals surface area contributed by atoms with Gasteiger partial charge in [-0.15, -0.1) is 0 Å². The molecule has 4 aromatic rings. The van der Waals surface area contributed by atoms with Crippen LogP contribution >= 0.6 is 11.6 Å². The molecule has 5 nitrogen and oxygen atoms in total. The third kappa shape index (κ3) is 2.96. The van der Waals surface area contributed by atoms with E-state index in [9.17, 15) is 4.79 Å². The van der Waals surface area contributed by atoms with Crippen molar-refractivity contribution in [1.82, 2.24) is 9.38 Å². The molecule has 0 spiro atoms. The number of unbranched alkanes of at least 4 members (excludes halogenated alkanes) is 1. The zero-order valence-electron chi connectivity index (χ0n) is 16.1. The summed E-state index contributed by atoms with van der Waals surface area (Å²) in [5.74, 6) is 1.24. The van der Waals surface area contributed by atoms with E-state index in [0.29, 0.717) is 27.6 Å². The molecule has 0 saturated heterocycles. The van der Waals surface area contributed by atoms with Gasteiger partial charge < -0.3 is 9.47 Å². The molecule has 0 radical (unpaired) electrons. The molecule has 0 N–H and O–H groups in total. The molecule has 0 fully saturated rings. The number of halogens is 1. The van der Waals surface area contributed by atoms with Crippen LogP contribution in [0.5, 0.6) is 11.5 Å². The van der Waals surface area contributed by atoms with Crippen molar-refractivity contribution in [1.29, 1.82) is 0 Å². The van der Waals surface area contributed by atoms with Gasteiger partial charge >= 0.3 is 0 Å². The SMILES string of the molecule is CCCCc1cc2cc(OC)c(OC)cc2c2nc(=O)c3ccc(Cl)cc3n12. The number of nitrogens with zero attached hydrogens (tertiary/aromatic N) is 2. The molecule has 0 saturated carbocycles. The molecule has 2 heterocycles. The Morgan fingerprint density at radius 1 is 1.04 bits per heavy atom. The lowest BCUT2D eigenvalue weighted by molar-refractivity contribution is 0.356. The van der Waals surface area contributed by atoms with Crippen LogP contribution in [0.15, 0.2) is 41.2 Å². The molecule has 2 aromatic carbocycles. The number of pyridine rings is 1. The van der Waals surface area contributed by atoms with Crippen molar-refractivity contribution in [2.24, 2.45) is 0 Å². The first-order chi connectivity index (χ1) is 13.6. The minimum absolute atomic E-state index is 0.268. The molecule has 0 atom stereocenters. The fourth-order valence-corrected chi connectivity index (χ4v) is 3.82. The lowest BCUT2D eigenvalue weighted by Crippen LogP contribution is -2.13. The van der Waals surface area contributed by atoms with Crippen molar-refractivity contribution in [2.75, 3.05) is 14.2 Å². The van der Waals surface area contributed by atoms with Gasteiger partial charge in [0.2, 0.25) is 0 Å². The molecule has 0 aliphatic carbocycles. The van der Waals surface area contributed by atoms with E-state index in [-0.39, 0.29) is 5.56 Å². The monoisotopic (exact) mass is 396 g/mol. The van der Waals surface area contributed by atoms with E-state index in [2.05, 4.69) is 18.0 Å². The molecular formula is C22H21ClN2O3. The van der Waals surface area contributed by atoms with Crippen LogP contribution in [0.3, 0.4) is 0 Å². The second-order valence-corrected chi connectivity index (χ2v) is 7.21. The summed E-state index contributed by atoms with van der Waals surface area (Å²) in [6.07, 6.45) is 2.96. The first-order valence-corrected chi connectivity index (χ1v) is 9.64. The van der Waals surface area contributed by atoms with Gasteiger partial charge in [0, 0.05) is 16.1 Å². The van der Waals surface area contributed by atoms with Crippen LogP contribution in [0.4, 0.5) is 0 Å². The lowest BCUT2D eigenvalue weighted by atomic mass is 10.1. The lowest BCUT2D eigenvalue weighted by Gasteiger charge is -2.16. The molecule has 144 valence electrons. The van der Waals surface area contributed by atoms with E-state index >= 15 is 0 Å². The van der Waals surface area contributed by atoms with Crippen molar-refractivity contribution < 1.29 is 9.47 Å². The molecular weight excluding hydrogens is 376 g/mol. The van der Waals surface area contributed by atoms with Crippen LogP contribution in [0, 0.1) is 0 Å². The zero-order chi connectivity index (χ0) is 19.8. The molecule has 0 bridgehead atoms. The fourth-order valence-electron chi connectivity index (χ4n) is 3.66. The van der Waals surface area contributed by atoms with Crippen LogP contribution in [-0.4, -0.2) is 23.6 Å². The zero-order valence-corrected chi connectivity index (χ0v) is 16.8. The topological polar surface area (TPSA) is 52.8 Å². The van der Waals surface area contributed by atoms with Gasteiger partial charge in [0.05, 0.1) is 25.1 Å². The van der Waals surface area contributed by atoms with Crippen LogP contribution in [-0.2, 0) is 6.42 Å². The van der Waals surface area contributed by atoms with Crippen LogP contribution in [0.2, 0.25) is 5.02 Å². The summed E-state index contributed by atoms with van der Waals surface area (Å²) in [6, 6.07) is 11.2. The molecule has 0 aliphatic heterocycles. The Bertz CT molecular complexity index is 1260. The highest BCUT2D eigenvalue weighted by molar-refractivity contribution is 6.31. The van der Waals surface area contributed by atoms with E-state index in [1.54, 1.807) is 26.4 Å². The summed E-state index contributed by atoms with van der Waals surface area (Å²) in [6.45, 7) is 2.16. The van der Waals surface area contributed by atoms with E-state index in [1.165, 1.54) is 0 Å². The predicted molar refractivity (Wildman–Crippen MR) is 113 cm³/mol. The van der Waals surface area contributed by atoms with Gasteiger partial charge in [0.25, 0.3) is 5.56 Å². The number of aryl methyl sites for hydroxylation is 1. The smallest absolute Gasteiger partial charge is 0.281 e. The third-order valence-corrected chi connectivity index (χ3v) is 5.28. The summed E-state index contributed by atoms with van der Waals surface area (Å²) in [7, 11) is 3.21. The van der Waals surface area contributed by atoms with Crippen LogP contribution in [0.1, 0.15) is 25.5 Å². The second-order valence-electron chi connectivity index (χ2n) is 6.77. The molecule has 6 heteroatoms. The molecule has 0 amide bonds. The van der Waals surface area contributed by atoms with E-state index in [0.717, 1.165) is 41.2 Å². The highest BCUT2D eigenvalue weighted by atomic mass is 35.5. The highest BCUT2D eigenvalue weighted by Gasteiger charge is 2.16. The third-order valence-electron chi connectivity index (χ3n) is 5.04. The Morgan fingerprint density at radius 3 is 2.50 bits per heavy atom. The number of ether oxygens (including phenoxy) is 2. The average Bonchev–Trinajstić information content (AvgIpc) is 2.70. The van der Waals surface area contributed by atoms with Gasteiger partial charge in [-0.25, -0.2) is 0 Å². The summed E-state index contributed by atoms with van der Waals surface area (Å²) in [5, 5.41) is 2.93. The Labute approximate surface area is 167 Å². The largest absolute Gasteiger partial charge is 0.493 e. The maximum absolute atomic E-state index is 12.7. The predicted octanol–water partition coefficient (Wildman–Crippen LogP) is 5.01. The van der Waals surface area contributed by atoms with Crippen molar-refractivity contribution in [3.05, 3.63) is 57.5 Å². The van der Waals surface area contributed by atoms with Gasteiger partial charge in [-0.1, -0.05) is 24.9 Å². The average molecular weight is 397 g/mol. The van der Waals surface area contributed by atoms with E-state index in [4.69, 9.17) is 21.1 Å². The fraction of sp³-hybridized carbons (Fsp3) is 0.273. The van der Waals surface area contributed by atoms with Crippen molar-refractivity contribution in [3.8, 4) is 11.5 Å². The minimum Gasteiger partial charge on any atom is -0.493 e. The number of aromatic nitrogens is 2. The molecule has 28 heavy (non-hydrogen) atoms. The Hall–Kier alpha value is -2.79. The summed E-state index contributed by atoms with van der Waals surface area (Å²) in [4.78, 5) is 17.2. The normalized spacial score (nSPS) is 11.4. The standard InChI is InChI=1S/C22H21ClN2O3/c1-4-5-6-15-9-13-10-19(27-2)20(28-3)12-17(13)21-24-22(26)16-8-7-14(23)11-18(16)25(15)21/h7-12H,4-6H2,1-3H3.